The Bertz CT molecular complexity index is 425. The van der Waals surface area contributed by atoms with Gasteiger partial charge in [0.15, 0.2) is 0 Å². The van der Waals surface area contributed by atoms with Crippen molar-refractivity contribution in [1.82, 2.24) is 9.55 Å². The van der Waals surface area contributed by atoms with Crippen LogP contribution >= 0.6 is 11.8 Å². The highest BCUT2D eigenvalue weighted by atomic mass is 32.2. The first-order valence-corrected chi connectivity index (χ1v) is 6.69. The molecule has 0 bridgehead atoms. The molecule has 0 saturated carbocycles. The minimum atomic E-state index is 0.817. The Labute approximate surface area is 106 Å². The van der Waals surface area contributed by atoms with Crippen molar-refractivity contribution >= 4 is 11.8 Å². The summed E-state index contributed by atoms with van der Waals surface area (Å²) in [5.41, 5.74) is 2.49. The van der Waals surface area contributed by atoms with Crippen LogP contribution in [0.2, 0.25) is 0 Å². The lowest BCUT2D eigenvalue weighted by Gasteiger charge is -2.04. The average molecular weight is 248 g/mol. The average Bonchev–Trinajstić information content (AvgIpc) is 2.89. The lowest BCUT2D eigenvalue weighted by atomic mass is 10.2. The molecule has 0 aliphatic heterocycles. The summed E-state index contributed by atoms with van der Waals surface area (Å²) in [7, 11) is 1.74. The Morgan fingerprint density at radius 1 is 1.29 bits per heavy atom. The van der Waals surface area contributed by atoms with E-state index in [2.05, 4.69) is 29.2 Å². The molecule has 0 N–H and O–H groups in total. The predicted octanol–water partition coefficient (Wildman–Crippen LogP) is 2.75. The molecule has 0 fully saturated rings. The van der Waals surface area contributed by atoms with Crippen LogP contribution in [0.3, 0.4) is 0 Å². The summed E-state index contributed by atoms with van der Waals surface area (Å²) in [6.07, 6.45) is 5.54. The van der Waals surface area contributed by atoms with Crippen molar-refractivity contribution in [2.45, 2.75) is 5.75 Å². The fraction of sp³-hybridized carbons (Fsp3) is 0.308. The molecule has 17 heavy (non-hydrogen) atoms. The molecule has 0 atom stereocenters. The smallest absolute Gasteiger partial charge is 0.0991 e. The van der Waals surface area contributed by atoms with Crippen molar-refractivity contribution < 1.29 is 4.74 Å². The number of hydrogen-bond acceptors (Lipinski definition) is 3. The molecule has 2 rings (SSSR count). The van der Waals surface area contributed by atoms with Gasteiger partial charge in [-0.15, -0.1) is 0 Å². The van der Waals surface area contributed by atoms with E-state index >= 15 is 0 Å². The van der Waals surface area contributed by atoms with Crippen LogP contribution in [0.4, 0.5) is 0 Å². The van der Waals surface area contributed by atoms with Gasteiger partial charge in [-0.05, 0) is 17.7 Å². The van der Waals surface area contributed by atoms with E-state index in [4.69, 9.17) is 4.74 Å². The van der Waals surface area contributed by atoms with Gasteiger partial charge in [-0.1, -0.05) is 12.1 Å². The number of nitrogens with zero attached hydrogens (tertiary/aromatic N) is 2. The van der Waals surface area contributed by atoms with Crippen molar-refractivity contribution in [3.63, 3.8) is 0 Å². The molecule has 0 aliphatic rings. The fourth-order valence-corrected chi connectivity index (χ4v) is 2.37. The zero-order valence-corrected chi connectivity index (χ0v) is 10.7. The van der Waals surface area contributed by atoms with Gasteiger partial charge < -0.3 is 9.30 Å². The van der Waals surface area contributed by atoms with E-state index in [0.29, 0.717) is 0 Å². The molecule has 0 unspecified atom stereocenters. The summed E-state index contributed by atoms with van der Waals surface area (Å²) >= 11 is 1.89. The number of benzene rings is 1. The number of aromatic nitrogens is 2. The third kappa shape index (κ3) is 3.61. The molecule has 0 amide bonds. The molecule has 0 spiro atoms. The van der Waals surface area contributed by atoms with Gasteiger partial charge in [-0.25, -0.2) is 4.98 Å². The molecular weight excluding hydrogens is 232 g/mol. The summed E-state index contributed by atoms with van der Waals surface area (Å²) in [4.78, 5) is 4.04. The molecule has 1 aromatic heterocycles. The Morgan fingerprint density at radius 3 is 2.76 bits per heavy atom. The van der Waals surface area contributed by atoms with Crippen LogP contribution in [0.1, 0.15) is 5.56 Å². The topological polar surface area (TPSA) is 27.1 Å². The number of methoxy groups -OCH3 is 1. The van der Waals surface area contributed by atoms with Gasteiger partial charge >= 0.3 is 0 Å². The lowest BCUT2D eigenvalue weighted by molar-refractivity contribution is 0.218. The molecule has 2 aromatic rings. The van der Waals surface area contributed by atoms with Crippen LogP contribution in [0, 0.1) is 0 Å². The SMILES string of the molecule is COCCSCc1ccc(-n2ccnc2)cc1. The van der Waals surface area contributed by atoms with Crippen LogP contribution in [0.25, 0.3) is 5.69 Å². The van der Waals surface area contributed by atoms with E-state index in [1.54, 1.807) is 13.3 Å². The minimum absolute atomic E-state index is 0.817. The first-order valence-electron chi connectivity index (χ1n) is 5.54. The molecular formula is C13H16N2OS. The van der Waals surface area contributed by atoms with Crippen LogP contribution < -0.4 is 0 Å². The molecule has 4 heteroatoms. The van der Waals surface area contributed by atoms with Gasteiger partial charge in [0.25, 0.3) is 0 Å². The summed E-state index contributed by atoms with van der Waals surface area (Å²) in [6, 6.07) is 8.56. The van der Waals surface area contributed by atoms with Gasteiger partial charge in [0.1, 0.15) is 0 Å². The zero-order valence-electron chi connectivity index (χ0n) is 9.87. The maximum absolute atomic E-state index is 5.02. The highest BCUT2D eigenvalue weighted by Crippen LogP contribution is 2.14. The Morgan fingerprint density at radius 2 is 2.12 bits per heavy atom. The zero-order chi connectivity index (χ0) is 11.9. The highest BCUT2D eigenvalue weighted by Gasteiger charge is 1.97. The number of ether oxygens (including phenoxy) is 1. The Balaban J connectivity index is 1.90. The van der Waals surface area contributed by atoms with Gasteiger partial charge in [-0.2, -0.15) is 11.8 Å². The molecule has 0 aliphatic carbocycles. The molecule has 0 saturated heterocycles. The summed E-state index contributed by atoms with van der Waals surface area (Å²) < 4.78 is 7.02. The van der Waals surface area contributed by atoms with Gasteiger partial charge in [0.2, 0.25) is 0 Å². The molecule has 1 heterocycles. The van der Waals surface area contributed by atoms with Crippen LogP contribution in [0.5, 0.6) is 0 Å². The second kappa shape index (κ2) is 6.47. The lowest BCUT2D eigenvalue weighted by Crippen LogP contribution is -1.93. The predicted molar refractivity (Wildman–Crippen MR) is 71.6 cm³/mol. The van der Waals surface area contributed by atoms with Crippen LogP contribution in [-0.2, 0) is 10.5 Å². The molecule has 90 valence electrons. The van der Waals surface area contributed by atoms with Crippen LogP contribution in [0.15, 0.2) is 43.0 Å². The normalized spacial score (nSPS) is 10.6. The quantitative estimate of drug-likeness (QED) is 0.736. The number of thioether (sulfide) groups is 1. The van der Waals surface area contributed by atoms with Gasteiger partial charge in [-0.3, -0.25) is 0 Å². The van der Waals surface area contributed by atoms with E-state index in [1.807, 2.05) is 28.9 Å². The molecule has 3 nitrogen and oxygen atoms in total. The monoisotopic (exact) mass is 248 g/mol. The second-order valence-electron chi connectivity index (χ2n) is 3.68. The maximum Gasteiger partial charge on any atom is 0.0991 e. The summed E-state index contributed by atoms with van der Waals surface area (Å²) in [6.45, 7) is 0.817. The Kier molecular flexibility index (Phi) is 4.64. The van der Waals surface area contributed by atoms with Crippen molar-refractivity contribution in [2.75, 3.05) is 19.5 Å². The van der Waals surface area contributed by atoms with Crippen molar-refractivity contribution in [2.24, 2.45) is 0 Å². The third-order valence-corrected chi connectivity index (χ3v) is 3.43. The van der Waals surface area contributed by atoms with Gasteiger partial charge in [0, 0.05) is 36.7 Å². The Hall–Kier alpha value is -1.26. The minimum Gasteiger partial charge on any atom is -0.384 e. The van der Waals surface area contributed by atoms with Crippen LogP contribution in [-0.4, -0.2) is 29.0 Å². The summed E-state index contributed by atoms with van der Waals surface area (Å²) in [5.74, 6) is 2.08. The van der Waals surface area contributed by atoms with Gasteiger partial charge in [0.05, 0.1) is 12.9 Å². The standard InChI is InChI=1S/C13H16N2OS/c1-16-8-9-17-10-12-2-4-13(5-3-12)15-7-6-14-11-15/h2-7,11H,8-10H2,1H3. The molecule has 1 aromatic carbocycles. The van der Waals surface area contributed by atoms with E-state index < -0.39 is 0 Å². The van der Waals surface area contributed by atoms with Crippen molar-refractivity contribution in [3.05, 3.63) is 48.5 Å². The van der Waals surface area contributed by atoms with E-state index in [-0.39, 0.29) is 0 Å². The third-order valence-electron chi connectivity index (χ3n) is 2.44. The van der Waals surface area contributed by atoms with E-state index in [0.717, 1.165) is 23.8 Å². The van der Waals surface area contributed by atoms with E-state index in [9.17, 15) is 0 Å². The number of hydrogen-bond donors (Lipinski definition) is 0. The maximum atomic E-state index is 5.02. The highest BCUT2D eigenvalue weighted by molar-refractivity contribution is 7.98. The summed E-state index contributed by atoms with van der Waals surface area (Å²) in [5, 5.41) is 0. The first-order chi connectivity index (χ1) is 8.40. The van der Waals surface area contributed by atoms with Crippen molar-refractivity contribution in [1.29, 1.82) is 0 Å². The largest absolute Gasteiger partial charge is 0.384 e. The first kappa shape index (κ1) is 12.2. The van der Waals surface area contributed by atoms with E-state index in [1.165, 1.54) is 5.56 Å². The molecule has 0 radical (unpaired) electrons. The fourth-order valence-electron chi connectivity index (χ4n) is 1.51. The second-order valence-corrected chi connectivity index (χ2v) is 4.79. The number of rotatable bonds is 6. The number of imidazole rings is 1. The van der Waals surface area contributed by atoms with Crippen molar-refractivity contribution in [3.8, 4) is 5.69 Å².